The van der Waals surface area contributed by atoms with E-state index >= 15 is 0 Å². The number of hydrogen-bond donors (Lipinski definition) is 2. The first kappa shape index (κ1) is 19.5. The van der Waals surface area contributed by atoms with Gasteiger partial charge in [-0.25, -0.2) is 15.0 Å². The van der Waals surface area contributed by atoms with Crippen molar-refractivity contribution in [1.82, 2.24) is 20.3 Å². The van der Waals surface area contributed by atoms with Gasteiger partial charge in [0.25, 0.3) is 0 Å². The molecule has 0 amide bonds. The van der Waals surface area contributed by atoms with Crippen molar-refractivity contribution in [2.45, 2.75) is 19.4 Å². The molecular formula is C23H22BrN5. The van der Waals surface area contributed by atoms with E-state index in [4.69, 9.17) is 10.7 Å². The Morgan fingerprint density at radius 2 is 1.83 bits per heavy atom. The van der Waals surface area contributed by atoms with Gasteiger partial charge in [0.1, 0.15) is 12.1 Å². The Morgan fingerprint density at radius 3 is 2.55 bits per heavy atom. The third-order valence-corrected chi connectivity index (χ3v) is 5.55. The number of nitrogens with zero attached hydrogens (tertiary/aromatic N) is 3. The number of halogens is 1. The van der Waals surface area contributed by atoms with Crippen LogP contribution in [0.15, 0.2) is 65.4 Å². The molecule has 1 unspecified atom stereocenters. The lowest BCUT2D eigenvalue weighted by atomic mass is 9.98. The number of anilines is 1. The van der Waals surface area contributed by atoms with Crippen LogP contribution in [-0.4, -0.2) is 28.0 Å². The molecule has 0 spiro atoms. The van der Waals surface area contributed by atoms with E-state index in [-0.39, 0.29) is 0 Å². The molecule has 6 heteroatoms. The van der Waals surface area contributed by atoms with Gasteiger partial charge in [0.05, 0.1) is 11.1 Å². The van der Waals surface area contributed by atoms with Crippen molar-refractivity contribution in [2.24, 2.45) is 0 Å². The Labute approximate surface area is 178 Å². The fraction of sp³-hybridized carbons (Fsp3) is 0.174. The SMILES string of the molecule is CNC(C)Cc1ccc(-c2cc(-c3cccc(Br)c3)c3c(N)ncnc3n2)cc1. The maximum atomic E-state index is 6.19. The van der Waals surface area contributed by atoms with Gasteiger partial charge in [-0.05, 0) is 55.3 Å². The highest BCUT2D eigenvalue weighted by atomic mass is 79.9. The molecular weight excluding hydrogens is 426 g/mol. The van der Waals surface area contributed by atoms with Gasteiger partial charge >= 0.3 is 0 Å². The monoisotopic (exact) mass is 447 g/mol. The van der Waals surface area contributed by atoms with Gasteiger partial charge in [-0.15, -0.1) is 0 Å². The van der Waals surface area contributed by atoms with E-state index in [1.165, 1.54) is 11.9 Å². The predicted octanol–water partition coefficient (Wildman–Crippen LogP) is 4.85. The predicted molar refractivity (Wildman–Crippen MR) is 123 cm³/mol. The lowest BCUT2D eigenvalue weighted by Gasteiger charge is -2.12. The Bertz CT molecular complexity index is 1160. The van der Waals surface area contributed by atoms with Crippen molar-refractivity contribution in [3.05, 3.63) is 71.0 Å². The Hall–Kier alpha value is -2.83. The van der Waals surface area contributed by atoms with Crippen LogP contribution < -0.4 is 11.1 Å². The van der Waals surface area contributed by atoms with Crippen molar-refractivity contribution in [3.8, 4) is 22.4 Å². The quantitative estimate of drug-likeness (QED) is 0.456. The first-order chi connectivity index (χ1) is 14.0. The molecule has 4 rings (SSSR count). The van der Waals surface area contributed by atoms with Crippen LogP contribution in [0.3, 0.4) is 0 Å². The minimum atomic E-state index is 0.431. The van der Waals surface area contributed by atoms with Crippen LogP contribution in [0.25, 0.3) is 33.4 Å². The fourth-order valence-electron chi connectivity index (χ4n) is 3.39. The van der Waals surface area contributed by atoms with Crippen LogP contribution in [0.4, 0.5) is 5.82 Å². The lowest BCUT2D eigenvalue weighted by molar-refractivity contribution is 0.608. The molecule has 5 nitrogen and oxygen atoms in total. The second-order valence-electron chi connectivity index (χ2n) is 7.11. The van der Waals surface area contributed by atoms with E-state index in [0.29, 0.717) is 17.5 Å². The van der Waals surface area contributed by atoms with E-state index in [1.807, 2.05) is 19.2 Å². The van der Waals surface area contributed by atoms with Crippen molar-refractivity contribution >= 4 is 32.8 Å². The third kappa shape index (κ3) is 4.13. The summed E-state index contributed by atoms with van der Waals surface area (Å²) in [7, 11) is 1.98. The zero-order valence-corrected chi connectivity index (χ0v) is 17.9. The van der Waals surface area contributed by atoms with E-state index in [1.54, 1.807) is 0 Å². The highest BCUT2D eigenvalue weighted by molar-refractivity contribution is 9.10. The molecule has 0 radical (unpaired) electrons. The van der Waals surface area contributed by atoms with Gasteiger partial charge in [-0.2, -0.15) is 0 Å². The summed E-state index contributed by atoms with van der Waals surface area (Å²) in [6.45, 7) is 2.17. The number of pyridine rings is 1. The largest absolute Gasteiger partial charge is 0.383 e. The summed E-state index contributed by atoms with van der Waals surface area (Å²) < 4.78 is 1.000. The zero-order chi connectivity index (χ0) is 20.4. The first-order valence-electron chi connectivity index (χ1n) is 9.49. The van der Waals surface area contributed by atoms with Crippen LogP contribution in [-0.2, 0) is 6.42 Å². The first-order valence-corrected chi connectivity index (χ1v) is 10.3. The molecule has 0 bridgehead atoms. The molecule has 0 saturated carbocycles. The van der Waals surface area contributed by atoms with Crippen LogP contribution >= 0.6 is 15.9 Å². The second-order valence-corrected chi connectivity index (χ2v) is 8.03. The zero-order valence-electron chi connectivity index (χ0n) is 16.4. The maximum Gasteiger partial charge on any atom is 0.165 e. The summed E-state index contributed by atoms with van der Waals surface area (Å²) in [6, 6.07) is 19.1. The minimum absolute atomic E-state index is 0.431. The number of nitrogens with two attached hydrogens (primary N) is 1. The number of nitrogen functional groups attached to an aromatic ring is 1. The molecule has 2 heterocycles. The number of aromatic nitrogens is 3. The Morgan fingerprint density at radius 1 is 1.03 bits per heavy atom. The molecule has 4 aromatic rings. The number of nitrogens with one attached hydrogen (secondary N) is 1. The van der Waals surface area contributed by atoms with Crippen LogP contribution in [0.2, 0.25) is 0 Å². The fourth-order valence-corrected chi connectivity index (χ4v) is 3.79. The maximum absolute atomic E-state index is 6.19. The molecule has 2 aromatic heterocycles. The summed E-state index contributed by atoms with van der Waals surface area (Å²) >= 11 is 3.56. The van der Waals surface area contributed by atoms with E-state index in [0.717, 1.165) is 38.7 Å². The number of benzene rings is 2. The van der Waals surface area contributed by atoms with Crippen LogP contribution in [0.1, 0.15) is 12.5 Å². The topological polar surface area (TPSA) is 76.7 Å². The van der Waals surface area contributed by atoms with Gasteiger partial charge in [0, 0.05) is 16.1 Å². The summed E-state index contributed by atoms with van der Waals surface area (Å²) in [5, 5.41) is 4.05. The summed E-state index contributed by atoms with van der Waals surface area (Å²) in [5.41, 5.74) is 12.0. The average molecular weight is 448 g/mol. The second kappa shape index (κ2) is 8.27. The normalized spacial score (nSPS) is 12.2. The van der Waals surface area contributed by atoms with Crippen LogP contribution in [0, 0.1) is 0 Å². The molecule has 146 valence electrons. The lowest BCUT2D eigenvalue weighted by Crippen LogP contribution is -2.23. The molecule has 3 N–H and O–H groups in total. The van der Waals surface area contributed by atoms with E-state index in [2.05, 4.69) is 80.6 Å². The summed E-state index contributed by atoms with van der Waals surface area (Å²) in [6.07, 6.45) is 2.44. The standard InChI is InChI=1S/C23H22BrN5/c1-14(26-2)10-15-6-8-16(9-7-15)20-12-19(17-4-3-5-18(24)11-17)21-22(25)27-13-28-23(21)29-20/h3-9,11-14,26H,10H2,1-2H3,(H2,25,27,28,29). The highest BCUT2D eigenvalue weighted by Gasteiger charge is 2.14. The van der Waals surface area contributed by atoms with E-state index < -0.39 is 0 Å². The van der Waals surface area contributed by atoms with E-state index in [9.17, 15) is 0 Å². The smallest absolute Gasteiger partial charge is 0.165 e. The summed E-state index contributed by atoms with van der Waals surface area (Å²) in [5.74, 6) is 0.431. The minimum Gasteiger partial charge on any atom is -0.383 e. The molecule has 0 aliphatic rings. The summed E-state index contributed by atoms with van der Waals surface area (Å²) in [4.78, 5) is 13.3. The van der Waals surface area contributed by atoms with Crippen molar-refractivity contribution in [3.63, 3.8) is 0 Å². The molecule has 2 aromatic carbocycles. The molecule has 29 heavy (non-hydrogen) atoms. The van der Waals surface area contributed by atoms with Crippen molar-refractivity contribution in [1.29, 1.82) is 0 Å². The molecule has 0 aliphatic carbocycles. The number of fused-ring (bicyclic) bond motifs is 1. The average Bonchev–Trinajstić information content (AvgIpc) is 2.73. The third-order valence-electron chi connectivity index (χ3n) is 5.05. The highest BCUT2D eigenvalue weighted by Crippen LogP contribution is 2.34. The number of hydrogen-bond acceptors (Lipinski definition) is 5. The number of likely N-dealkylation sites (N-methyl/N-ethyl adjacent to an activating group) is 1. The molecule has 0 fully saturated rings. The van der Waals surface area contributed by atoms with Gasteiger partial charge in [0.2, 0.25) is 0 Å². The molecule has 1 atom stereocenters. The van der Waals surface area contributed by atoms with Gasteiger partial charge < -0.3 is 11.1 Å². The van der Waals surface area contributed by atoms with Gasteiger partial charge in [-0.1, -0.05) is 52.3 Å². The Kier molecular flexibility index (Phi) is 5.56. The van der Waals surface area contributed by atoms with Gasteiger partial charge in [-0.3, -0.25) is 0 Å². The van der Waals surface area contributed by atoms with Gasteiger partial charge in [0.15, 0.2) is 5.65 Å². The van der Waals surface area contributed by atoms with Crippen molar-refractivity contribution in [2.75, 3.05) is 12.8 Å². The Balaban J connectivity index is 1.84. The molecule has 0 aliphatic heterocycles. The molecule has 0 saturated heterocycles. The van der Waals surface area contributed by atoms with Crippen molar-refractivity contribution < 1.29 is 0 Å². The van der Waals surface area contributed by atoms with Crippen LogP contribution in [0.5, 0.6) is 0 Å². The number of rotatable bonds is 5.